The SMILES string of the molecule is C#CCN(C)C(=O)N1CCOCC1CC(=O)O. The highest BCUT2D eigenvalue weighted by Gasteiger charge is 2.30. The maximum atomic E-state index is 12.0. The van der Waals surface area contributed by atoms with E-state index in [1.807, 2.05) is 0 Å². The lowest BCUT2D eigenvalue weighted by Crippen LogP contribution is -2.53. The Kier molecular flexibility index (Phi) is 4.79. The van der Waals surface area contributed by atoms with Crippen LogP contribution in [0.3, 0.4) is 0 Å². The van der Waals surface area contributed by atoms with E-state index in [0.717, 1.165) is 0 Å². The van der Waals surface area contributed by atoms with Gasteiger partial charge < -0.3 is 19.6 Å². The number of ether oxygens (including phenoxy) is 1. The standard InChI is InChI=1S/C11H16N2O4/c1-3-4-12(2)11(16)13-5-6-17-8-9(13)7-10(14)15/h1,9H,4-8H2,2H3,(H,14,15). The number of nitrogens with zero attached hydrogens (tertiary/aromatic N) is 2. The lowest BCUT2D eigenvalue weighted by atomic mass is 10.1. The maximum Gasteiger partial charge on any atom is 0.320 e. The lowest BCUT2D eigenvalue weighted by molar-refractivity contribution is -0.139. The number of aliphatic carboxylic acids is 1. The first kappa shape index (κ1) is 13.3. The van der Waals surface area contributed by atoms with Gasteiger partial charge in [-0.2, -0.15) is 0 Å². The van der Waals surface area contributed by atoms with Crippen LogP contribution in [0.25, 0.3) is 0 Å². The number of hydrogen-bond donors (Lipinski definition) is 1. The molecule has 0 saturated carbocycles. The van der Waals surface area contributed by atoms with E-state index >= 15 is 0 Å². The molecule has 1 atom stereocenters. The van der Waals surface area contributed by atoms with Gasteiger partial charge in [-0.25, -0.2) is 4.79 Å². The highest BCUT2D eigenvalue weighted by Crippen LogP contribution is 2.12. The molecule has 1 heterocycles. The van der Waals surface area contributed by atoms with Crippen LogP contribution in [0.1, 0.15) is 6.42 Å². The normalized spacial score (nSPS) is 19.5. The van der Waals surface area contributed by atoms with Crippen LogP contribution in [0.5, 0.6) is 0 Å². The second kappa shape index (κ2) is 6.11. The van der Waals surface area contributed by atoms with E-state index in [0.29, 0.717) is 13.2 Å². The quantitative estimate of drug-likeness (QED) is 0.696. The van der Waals surface area contributed by atoms with Gasteiger partial charge in [-0.05, 0) is 0 Å². The number of terminal acetylenes is 1. The van der Waals surface area contributed by atoms with Gasteiger partial charge in [0.1, 0.15) is 0 Å². The molecule has 0 aromatic heterocycles. The van der Waals surface area contributed by atoms with Crippen LogP contribution in [0.4, 0.5) is 4.79 Å². The molecule has 0 bridgehead atoms. The van der Waals surface area contributed by atoms with E-state index in [1.165, 1.54) is 9.80 Å². The molecule has 94 valence electrons. The van der Waals surface area contributed by atoms with Crippen LogP contribution in [-0.2, 0) is 9.53 Å². The molecule has 2 amide bonds. The molecule has 0 radical (unpaired) electrons. The smallest absolute Gasteiger partial charge is 0.320 e. The van der Waals surface area contributed by atoms with Crippen molar-refractivity contribution in [2.45, 2.75) is 12.5 Å². The third-order valence-electron chi connectivity index (χ3n) is 2.54. The zero-order chi connectivity index (χ0) is 12.8. The molecule has 1 unspecified atom stereocenters. The van der Waals surface area contributed by atoms with E-state index < -0.39 is 12.0 Å². The molecular weight excluding hydrogens is 224 g/mol. The Labute approximate surface area is 100 Å². The van der Waals surface area contributed by atoms with Crippen molar-refractivity contribution in [3.05, 3.63) is 0 Å². The predicted octanol–water partition coefficient (Wildman–Crippen LogP) is -0.153. The number of urea groups is 1. The summed E-state index contributed by atoms with van der Waals surface area (Å²) >= 11 is 0. The topological polar surface area (TPSA) is 70.1 Å². The fourth-order valence-electron chi connectivity index (χ4n) is 1.70. The molecule has 6 heteroatoms. The van der Waals surface area contributed by atoms with E-state index in [1.54, 1.807) is 7.05 Å². The Morgan fingerprint density at radius 2 is 2.35 bits per heavy atom. The first-order chi connectivity index (χ1) is 8.06. The summed E-state index contributed by atoms with van der Waals surface area (Å²) in [5.41, 5.74) is 0. The third kappa shape index (κ3) is 3.64. The van der Waals surface area contributed by atoms with Gasteiger partial charge in [0.15, 0.2) is 0 Å². The van der Waals surface area contributed by atoms with Crippen LogP contribution in [-0.4, -0.2) is 66.3 Å². The number of hydrogen-bond acceptors (Lipinski definition) is 3. The van der Waals surface area contributed by atoms with Gasteiger partial charge in [-0.3, -0.25) is 4.79 Å². The van der Waals surface area contributed by atoms with Crippen molar-refractivity contribution >= 4 is 12.0 Å². The van der Waals surface area contributed by atoms with Gasteiger partial charge in [-0.1, -0.05) is 5.92 Å². The van der Waals surface area contributed by atoms with Gasteiger partial charge in [0, 0.05) is 13.6 Å². The monoisotopic (exact) mass is 240 g/mol. The highest BCUT2D eigenvalue weighted by molar-refractivity contribution is 5.76. The number of rotatable bonds is 3. The first-order valence-electron chi connectivity index (χ1n) is 5.31. The Bertz CT molecular complexity index is 337. The lowest BCUT2D eigenvalue weighted by Gasteiger charge is -2.36. The summed E-state index contributed by atoms with van der Waals surface area (Å²) < 4.78 is 5.19. The molecule has 0 spiro atoms. The Morgan fingerprint density at radius 1 is 1.65 bits per heavy atom. The molecule has 1 aliphatic rings. The van der Waals surface area contributed by atoms with Crippen molar-refractivity contribution in [3.8, 4) is 12.3 Å². The summed E-state index contributed by atoms with van der Waals surface area (Å²) in [7, 11) is 1.59. The number of amides is 2. The average molecular weight is 240 g/mol. The van der Waals surface area contributed by atoms with Crippen LogP contribution >= 0.6 is 0 Å². The second-order valence-electron chi connectivity index (χ2n) is 3.86. The number of carbonyl (C=O) groups excluding carboxylic acids is 1. The van der Waals surface area contributed by atoms with Crippen molar-refractivity contribution in [2.75, 3.05) is 33.4 Å². The molecule has 6 nitrogen and oxygen atoms in total. The molecule has 0 aromatic carbocycles. The number of morpholine rings is 1. The minimum absolute atomic E-state index is 0.115. The van der Waals surface area contributed by atoms with Gasteiger partial charge in [0.25, 0.3) is 0 Å². The molecule has 17 heavy (non-hydrogen) atoms. The molecule has 0 aliphatic carbocycles. The maximum absolute atomic E-state index is 12.0. The van der Waals surface area contributed by atoms with E-state index in [-0.39, 0.29) is 25.6 Å². The number of carboxylic acids is 1. The Morgan fingerprint density at radius 3 is 2.94 bits per heavy atom. The third-order valence-corrected chi connectivity index (χ3v) is 2.54. The van der Waals surface area contributed by atoms with Crippen molar-refractivity contribution in [1.82, 2.24) is 9.80 Å². The Hall–Kier alpha value is -1.74. The van der Waals surface area contributed by atoms with Crippen molar-refractivity contribution in [3.63, 3.8) is 0 Å². The largest absolute Gasteiger partial charge is 0.481 e. The summed E-state index contributed by atoms with van der Waals surface area (Å²) in [5, 5.41) is 8.77. The Balaban J connectivity index is 2.67. The van der Waals surface area contributed by atoms with Gasteiger partial charge in [0.2, 0.25) is 0 Å². The van der Waals surface area contributed by atoms with Gasteiger partial charge in [0.05, 0.1) is 32.2 Å². The summed E-state index contributed by atoms with van der Waals surface area (Å²) in [6, 6.07) is -0.675. The highest BCUT2D eigenvalue weighted by atomic mass is 16.5. The number of carboxylic acid groups (broad SMARTS) is 1. The van der Waals surface area contributed by atoms with Crippen molar-refractivity contribution in [2.24, 2.45) is 0 Å². The molecule has 1 aliphatic heterocycles. The zero-order valence-corrected chi connectivity index (χ0v) is 9.76. The summed E-state index contributed by atoms with van der Waals surface area (Å²) in [6.45, 7) is 1.27. The van der Waals surface area contributed by atoms with Crippen LogP contribution < -0.4 is 0 Å². The molecule has 1 rings (SSSR count). The summed E-state index contributed by atoms with van der Waals surface area (Å²) in [6.07, 6.45) is 5.02. The summed E-state index contributed by atoms with van der Waals surface area (Å²) in [4.78, 5) is 25.6. The van der Waals surface area contributed by atoms with Crippen LogP contribution in [0.2, 0.25) is 0 Å². The molecule has 1 fully saturated rings. The molecular formula is C11H16N2O4. The fraction of sp³-hybridized carbons (Fsp3) is 0.636. The van der Waals surface area contributed by atoms with E-state index in [4.69, 9.17) is 16.3 Å². The summed E-state index contributed by atoms with van der Waals surface area (Å²) in [5.74, 6) is 1.43. The van der Waals surface area contributed by atoms with E-state index in [9.17, 15) is 9.59 Å². The minimum atomic E-state index is -0.946. The average Bonchev–Trinajstić information content (AvgIpc) is 2.28. The second-order valence-corrected chi connectivity index (χ2v) is 3.86. The minimum Gasteiger partial charge on any atom is -0.481 e. The van der Waals surface area contributed by atoms with E-state index in [2.05, 4.69) is 5.92 Å². The number of carbonyl (C=O) groups is 2. The van der Waals surface area contributed by atoms with Crippen molar-refractivity contribution < 1.29 is 19.4 Å². The predicted molar refractivity (Wildman–Crippen MR) is 60.4 cm³/mol. The molecule has 0 aromatic rings. The van der Waals surface area contributed by atoms with Gasteiger partial charge in [-0.15, -0.1) is 6.42 Å². The molecule has 1 N–H and O–H groups in total. The zero-order valence-electron chi connectivity index (χ0n) is 9.76. The van der Waals surface area contributed by atoms with Crippen LogP contribution in [0, 0.1) is 12.3 Å². The fourth-order valence-corrected chi connectivity index (χ4v) is 1.70. The van der Waals surface area contributed by atoms with Crippen molar-refractivity contribution in [1.29, 1.82) is 0 Å². The van der Waals surface area contributed by atoms with Gasteiger partial charge >= 0.3 is 12.0 Å². The first-order valence-corrected chi connectivity index (χ1v) is 5.31. The van der Waals surface area contributed by atoms with Crippen LogP contribution in [0.15, 0.2) is 0 Å². The molecule has 1 saturated heterocycles.